The number of hydrogen-bond acceptors (Lipinski definition) is 3. The topological polar surface area (TPSA) is 38.5 Å². The summed E-state index contributed by atoms with van der Waals surface area (Å²) in [4.78, 5) is 2.50. The van der Waals surface area contributed by atoms with Crippen LogP contribution in [0, 0.1) is 5.92 Å². The Bertz CT molecular complexity index is 159. The van der Waals surface area contributed by atoms with E-state index in [1.807, 2.05) is 0 Å². The average molecular weight is 184 g/mol. The molecule has 0 bridgehead atoms. The van der Waals surface area contributed by atoms with Crippen molar-refractivity contribution in [2.24, 2.45) is 11.7 Å². The second-order valence-corrected chi connectivity index (χ2v) is 4.26. The molecule has 1 aliphatic carbocycles. The van der Waals surface area contributed by atoms with Gasteiger partial charge in [0.15, 0.2) is 0 Å². The van der Waals surface area contributed by atoms with Crippen LogP contribution in [0.5, 0.6) is 0 Å². The lowest BCUT2D eigenvalue weighted by Crippen LogP contribution is -2.45. The number of hydrogen-bond donors (Lipinski definition) is 1. The summed E-state index contributed by atoms with van der Waals surface area (Å²) in [5, 5.41) is 0. The molecule has 2 rings (SSSR count). The van der Waals surface area contributed by atoms with E-state index in [4.69, 9.17) is 10.5 Å². The van der Waals surface area contributed by atoms with Crippen LogP contribution < -0.4 is 5.73 Å². The molecule has 76 valence electrons. The van der Waals surface area contributed by atoms with Gasteiger partial charge in [-0.2, -0.15) is 0 Å². The summed E-state index contributed by atoms with van der Waals surface area (Å²) in [7, 11) is 0. The maximum absolute atomic E-state index is 5.58. The first-order valence-electron chi connectivity index (χ1n) is 5.42. The van der Waals surface area contributed by atoms with Crippen LogP contribution in [-0.2, 0) is 4.74 Å². The highest BCUT2D eigenvalue weighted by Crippen LogP contribution is 2.32. The minimum Gasteiger partial charge on any atom is -0.374 e. The zero-order valence-corrected chi connectivity index (χ0v) is 8.24. The molecule has 1 unspecified atom stereocenters. The van der Waals surface area contributed by atoms with Crippen molar-refractivity contribution in [1.82, 2.24) is 4.90 Å². The summed E-state index contributed by atoms with van der Waals surface area (Å²) in [6.45, 7) is 4.93. The van der Waals surface area contributed by atoms with Gasteiger partial charge in [-0.15, -0.1) is 0 Å². The third kappa shape index (κ3) is 2.93. The number of morpholine rings is 1. The molecule has 1 atom stereocenters. The summed E-state index contributed by atoms with van der Waals surface area (Å²) in [5.74, 6) is 1.04. The third-order valence-corrected chi connectivity index (χ3v) is 3.04. The summed E-state index contributed by atoms with van der Waals surface area (Å²) in [5.41, 5.74) is 5.58. The molecule has 13 heavy (non-hydrogen) atoms. The molecule has 2 N–H and O–H groups in total. The fraction of sp³-hybridized carbons (Fsp3) is 1.00. The Hall–Kier alpha value is -0.120. The zero-order valence-electron chi connectivity index (χ0n) is 8.24. The molecule has 0 radical (unpaired) electrons. The van der Waals surface area contributed by atoms with Gasteiger partial charge in [-0.05, 0) is 18.9 Å². The molecule has 1 saturated heterocycles. The van der Waals surface area contributed by atoms with Crippen molar-refractivity contribution in [3.63, 3.8) is 0 Å². The van der Waals surface area contributed by atoms with Crippen LogP contribution in [0.15, 0.2) is 0 Å². The maximum atomic E-state index is 5.58. The molecule has 0 amide bonds. The molecular formula is C10H20N2O. The Kier molecular flexibility index (Phi) is 3.19. The van der Waals surface area contributed by atoms with Crippen LogP contribution in [0.2, 0.25) is 0 Å². The van der Waals surface area contributed by atoms with E-state index in [0.717, 1.165) is 25.6 Å². The van der Waals surface area contributed by atoms with E-state index in [0.29, 0.717) is 6.54 Å². The Morgan fingerprint density at radius 3 is 2.92 bits per heavy atom. The fourth-order valence-corrected chi connectivity index (χ4v) is 1.90. The van der Waals surface area contributed by atoms with E-state index in [1.165, 1.54) is 25.8 Å². The predicted octanol–water partition coefficient (Wildman–Crippen LogP) is 0.446. The highest BCUT2D eigenvalue weighted by Gasteiger charge is 2.24. The van der Waals surface area contributed by atoms with Crippen LogP contribution >= 0.6 is 0 Å². The minimum atomic E-state index is 0.285. The molecule has 0 aromatic rings. The first kappa shape index (κ1) is 9.44. The Balaban J connectivity index is 1.65. The van der Waals surface area contributed by atoms with Crippen LogP contribution in [0.25, 0.3) is 0 Å². The first-order chi connectivity index (χ1) is 6.38. The lowest BCUT2D eigenvalue weighted by atomic mass is 10.2. The smallest absolute Gasteiger partial charge is 0.0824 e. The molecule has 3 nitrogen and oxygen atoms in total. The molecule has 1 heterocycles. The van der Waals surface area contributed by atoms with Crippen molar-refractivity contribution in [1.29, 1.82) is 0 Å². The van der Waals surface area contributed by atoms with Gasteiger partial charge >= 0.3 is 0 Å². The third-order valence-electron chi connectivity index (χ3n) is 3.04. The summed E-state index contributed by atoms with van der Waals surface area (Å²) >= 11 is 0. The number of rotatable bonds is 4. The maximum Gasteiger partial charge on any atom is 0.0824 e. The largest absolute Gasteiger partial charge is 0.374 e. The number of nitrogens with two attached hydrogens (primary N) is 1. The van der Waals surface area contributed by atoms with Crippen molar-refractivity contribution in [2.75, 3.05) is 32.8 Å². The molecule has 0 aromatic carbocycles. The molecule has 1 aliphatic heterocycles. The van der Waals surface area contributed by atoms with E-state index in [1.54, 1.807) is 0 Å². The first-order valence-corrected chi connectivity index (χ1v) is 5.42. The molecule has 0 aromatic heterocycles. The minimum absolute atomic E-state index is 0.285. The summed E-state index contributed by atoms with van der Waals surface area (Å²) in [6, 6.07) is 0. The van der Waals surface area contributed by atoms with Gasteiger partial charge < -0.3 is 10.5 Å². The van der Waals surface area contributed by atoms with Gasteiger partial charge in [0, 0.05) is 19.6 Å². The molecule has 1 saturated carbocycles. The molecule has 2 fully saturated rings. The molecule has 2 aliphatic rings. The highest BCUT2D eigenvalue weighted by molar-refractivity contribution is 4.77. The standard InChI is InChI=1S/C10H20N2O/c11-7-10-8-12(5-6-13-10)4-3-9-1-2-9/h9-10H,1-8,11H2. The Morgan fingerprint density at radius 1 is 1.38 bits per heavy atom. The van der Waals surface area contributed by atoms with Crippen molar-refractivity contribution in [3.05, 3.63) is 0 Å². The summed E-state index contributed by atoms with van der Waals surface area (Å²) in [6.07, 6.45) is 4.60. The Labute approximate surface area is 80.2 Å². The van der Waals surface area contributed by atoms with E-state index in [9.17, 15) is 0 Å². The quantitative estimate of drug-likeness (QED) is 0.689. The van der Waals surface area contributed by atoms with Crippen LogP contribution in [0.3, 0.4) is 0 Å². The van der Waals surface area contributed by atoms with Crippen molar-refractivity contribution < 1.29 is 4.74 Å². The van der Waals surface area contributed by atoms with Gasteiger partial charge in [-0.25, -0.2) is 0 Å². The van der Waals surface area contributed by atoms with Gasteiger partial charge in [-0.3, -0.25) is 4.90 Å². The Morgan fingerprint density at radius 2 is 2.23 bits per heavy atom. The SMILES string of the molecule is NCC1CN(CCC2CC2)CCO1. The molecular weight excluding hydrogens is 164 g/mol. The zero-order chi connectivity index (χ0) is 9.10. The average Bonchev–Trinajstić information content (AvgIpc) is 2.99. The normalized spacial score (nSPS) is 30.7. The van der Waals surface area contributed by atoms with Crippen molar-refractivity contribution in [2.45, 2.75) is 25.4 Å². The van der Waals surface area contributed by atoms with Crippen LogP contribution in [0.4, 0.5) is 0 Å². The van der Waals surface area contributed by atoms with E-state index < -0.39 is 0 Å². The second-order valence-electron chi connectivity index (χ2n) is 4.26. The number of nitrogens with zero attached hydrogens (tertiary/aromatic N) is 1. The van der Waals surface area contributed by atoms with Gasteiger partial charge in [0.25, 0.3) is 0 Å². The van der Waals surface area contributed by atoms with Gasteiger partial charge in [0.2, 0.25) is 0 Å². The monoisotopic (exact) mass is 184 g/mol. The van der Waals surface area contributed by atoms with Gasteiger partial charge in [0.05, 0.1) is 12.7 Å². The van der Waals surface area contributed by atoms with Gasteiger partial charge in [0.1, 0.15) is 0 Å². The fourth-order valence-electron chi connectivity index (χ4n) is 1.90. The lowest BCUT2D eigenvalue weighted by Gasteiger charge is -2.32. The summed E-state index contributed by atoms with van der Waals surface area (Å²) < 4.78 is 5.51. The van der Waals surface area contributed by atoms with E-state index in [2.05, 4.69) is 4.90 Å². The van der Waals surface area contributed by atoms with Crippen molar-refractivity contribution >= 4 is 0 Å². The van der Waals surface area contributed by atoms with Crippen LogP contribution in [0.1, 0.15) is 19.3 Å². The van der Waals surface area contributed by atoms with Crippen molar-refractivity contribution in [3.8, 4) is 0 Å². The second kappa shape index (κ2) is 4.40. The van der Waals surface area contributed by atoms with E-state index >= 15 is 0 Å². The molecule has 3 heteroatoms. The lowest BCUT2D eigenvalue weighted by molar-refractivity contribution is -0.0237. The van der Waals surface area contributed by atoms with Crippen LogP contribution in [-0.4, -0.2) is 43.8 Å². The van der Waals surface area contributed by atoms with Gasteiger partial charge in [-0.1, -0.05) is 12.8 Å². The number of ether oxygens (including phenoxy) is 1. The predicted molar refractivity (Wildman–Crippen MR) is 52.6 cm³/mol. The van der Waals surface area contributed by atoms with E-state index in [-0.39, 0.29) is 6.10 Å². The highest BCUT2D eigenvalue weighted by atomic mass is 16.5. The molecule has 0 spiro atoms.